The summed E-state index contributed by atoms with van der Waals surface area (Å²) in [6, 6.07) is 13.0. The van der Waals surface area contributed by atoms with Gasteiger partial charge in [0, 0.05) is 16.9 Å². The number of fused-ring (bicyclic) bond motifs is 2. The number of rotatable bonds is 4. The number of nitrogens with zero attached hydrogens (tertiary/aromatic N) is 5. The van der Waals surface area contributed by atoms with Gasteiger partial charge in [-0.2, -0.15) is 0 Å². The SMILES string of the molecule is Clc1ncnc2[nH]cc(Br)c12.Fc1c[nH]c2ncnc(Cl)c12.O=S(=O)(c1ccccc1)N(F)S(=O)(=O)c1ccccc1. The van der Waals surface area contributed by atoms with Crippen LogP contribution in [0.3, 0.4) is 0 Å². The Morgan fingerprint density at radius 3 is 1.57 bits per heavy atom. The van der Waals surface area contributed by atoms with E-state index in [0.29, 0.717) is 10.8 Å². The minimum Gasteiger partial charge on any atom is -0.345 e. The van der Waals surface area contributed by atoms with Gasteiger partial charge in [0.2, 0.25) is 0 Å². The molecule has 0 aliphatic carbocycles. The van der Waals surface area contributed by atoms with Crippen molar-refractivity contribution in [3.63, 3.8) is 0 Å². The Bertz CT molecular complexity index is 1900. The van der Waals surface area contributed by atoms with E-state index in [1.54, 1.807) is 6.20 Å². The molecule has 0 bridgehead atoms. The number of aromatic amines is 2. The van der Waals surface area contributed by atoms with Crippen LogP contribution in [0, 0.1) is 5.82 Å². The predicted octanol–water partition coefficient (Wildman–Crippen LogP) is 6.07. The number of hydrogen-bond acceptors (Lipinski definition) is 8. The Kier molecular flexibility index (Phi) is 9.85. The first-order chi connectivity index (χ1) is 19.9. The van der Waals surface area contributed by atoms with Crippen LogP contribution in [0.4, 0.5) is 8.87 Å². The summed E-state index contributed by atoms with van der Waals surface area (Å²) in [5.74, 6) is -0.425. The number of hydrogen-bond donors (Lipinski definition) is 2. The summed E-state index contributed by atoms with van der Waals surface area (Å²) in [5, 5.41) is 1.67. The van der Waals surface area contributed by atoms with E-state index < -0.39 is 39.6 Å². The molecule has 11 nitrogen and oxygen atoms in total. The molecule has 0 unspecified atom stereocenters. The van der Waals surface area contributed by atoms with Crippen molar-refractivity contribution in [1.82, 2.24) is 33.8 Å². The van der Waals surface area contributed by atoms with Crippen LogP contribution in [0.25, 0.3) is 22.1 Å². The topological polar surface area (TPSA) is 155 Å². The summed E-state index contributed by atoms with van der Waals surface area (Å²) in [6.45, 7) is 0. The lowest BCUT2D eigenvalue weighted by atomic mass is 10.4. The molecule has 0 atom stereocenters. The van der Waals surface area contributed by atoms with E-state index in [4.69, 9.17) is 23.2 Å². The Morgan fingerprint density at radius 1 is 0.690 bits per heavy atom. The first-order valence-electron chi connectivity index (χ1n) is 11.3. The Labute approximate surface area is 255 Å². The van der Waals surface area contributed by atoms with E-state index in [0.717, 1.165) is 39.8 Å². The molecule has 218 valence electrons. The average molecular weight is 719 g/mol. The van der Waals surface area contributed by atoms with Gasteiger partial charge in [-0.1, -0.05) is 59.6 Å². The van der Waals surface area contributed by atoms with Crippen molar-refractivity contribution >= 4 is 81.2 Å². The fourth-order valence-electron chi connectivity index (χ4n) is 3.26. The van der Waals surface area contributed by atoms with Gasteiger partial charge in [0.1, 0.15) is 34.3 Å². The molecular formula is C24H16BrCl2F2N7O4S2. The first-order valence-corrected chi connectivity index (χ1v) is 15.7. The van der Waals surface area contributed by atoms with Gasteiger partial charge in [-0.05, 0) is 40.2 Å². The van der Waals surface area contributed by atoms with E-state index in [2.05, 4.69) is 45.8 Å². The van der Waals surface area contributed by atoms with Gasteiger partial charge in [0.15, 0.2) is 5.82 Å². The van der Waals surface area contributed by atoms with Gasteiger partial charge < -0.3 is 9.97 Å². The van der Waals surface area contributed by atoms with Crippen LogP contribution < -0.4 is 0 Å². The molecule has 0 fully saturated rings. The zero-order chi connectivity index (χ0) is 30.5. The zero-order valence-electron chi connectivity index (χ0n) is 20.7. The molecule has 0 saturated heterocycles. The van der Waals surface area contributed by atoms with Gasteiger partial charge in [0.05, 0.1) is 24.5 Å². The molecule has 2 N–H and O–H groups in total. The maximum atomic E-state index is 14.0. The average Bonchev–Trinajstić information content (AvgIpc) is 3.58. The zero-order valence-corrected chi connectivity index (χ0v) is 25.4. The monoisotopic (exact) mass is 717 g/mol. The third-order valence-electron chi connectivity index (χ3n) is 5.21. The minimum absolute atomic E-state index is 0.133. The first kappa shape index (κ1) is 31.4. The molecule has 0 radical (unpaired) electrons. The van der Waals surface area contributed by atoms with Crippen molar-refractivity contribution in [1.29, 1.82) is 0 Å². The van der Waals surface area contributed by atoms with Gasteiger partial charge in [0.25, 0.3) is 20.0 Å². The lowest BCUT2D eigenvalue weighted by molar-refractivity contribution is 0.250. The van der Waals surface area contributed by atoms with E-state index in [9.17, 15) is 25.7 Å². The van der Waals surface area contributed by atoms with Crippen molar-refractivity contribution in [2.75, 3.05) is 0 Å². The second kappa shape index (κ2) is 13.2. The Morgan fingerprint density at radius 2 is 1.12 bits per heavy atom. The van der Waals surface area contributed by atoms with Crippen LogP contribution in [0.2, 0.25) is 10.3 Å². The maximum Gasteiger partial charge on any atom is 0.283 e. The van der Waals surface area contributed by atoms with Crippen LogP contribution in [0.15, 0.2) is 100.0 Å². The van der Waals surface area contributed by atoms with Crippen LogP contribution >= 0.6 is 39.1 Å². The van der Waals surface area contributed by atoms with Crippen molar-refractivity contribution in [3.8, 4) is 0 Å². The molecule has 2 aromatic carbocycles. The third kappa shape index (κ3) is 6.74. The van der Waals surface area contributed by atoms with Crippen molar-refractivity contribution in [2.45, 2.75) is 9.79 Å². The number of H-pyrrole nitrogens is 2. The van der Waals surface area contributed by atoms with Gasteiger partial charge >= 0.3 is 0 Å². The fraction of sp³-hybridized carbons (Fsp3) is 0. The maximum absolute atomic E-state index is 14.0. The van der Waals surface area contributed by atoms with E-state index in [1.807, 2.05) is 0 Å². The molecule has 0 aliphatic rings. The number of nitrogens with one attached hydrogen (secondary N) is 2. The van der Waals surface area contributed by atoms with Crippen molar-refractivity contribution < 1.29 is 25.7 Å². The summed E-state index contributed by atoms with van der Waals surface area (Å²) in [6.07, 6.45) is 5.69. The standard InChI is InChI=1S/C12H10FNO4S2.C6H3BrClN3.C6H3ClFN3/c13-14(19(15,16)11-7-3-1-4-8-11)20(17,18)12-9-5-2-6-10-12;7-3-1-9-6-4(3)5(8)10-2-11-6;7-5-4-3(8)1-9-6(4)11-2-10-5/h1-10H;2*1-2H,(H,9,10,11). The summed E-state index contributed by atoms with van der Waals surface area (Å²) < 4.78 is 74.3. The summed E-state index contributed by atoms with van der Waals surface area (Å²) in [5.41, 5.74) is 1.17. The van der Waals surface area contributed by atoms with Crippen molar-refractivity contribution in [2.24, 2.45) is 0 Å². The molecule has 0 amide bonds. The highest BCUT2D eigenvalue weighted by atomic mass is 79.9. The highest BCUT2D eigenvalue weighted by Gasteiger charge is 2.37. The predicted molar refractivity (Wildman–Crippen MR) is 156 cm³/mol. The quantitative estimate of drug-likeness (QED) is 0.164. The summed E-state index contributed by atoms with van der Waals surface area (Å²) in [7, 11) is -9.53. The largest absolute Gasteiger partial charge is 0.345 e. The minimum atomic E-state index is -4.77. The Hall–Kier alpha value is -3.54. The van der Waals surface area contributed by atoms with E-state index in [-0.39, 0.29) is 10.5 Å². The van der Waals surface area contributed by atoms with Gasteiger partial charge in [-0.3, -0.25) is 0 Å². The molecule has 4 heterocycles. The lowest BCUT2D eigenvalue weighted by Crippen LogP contribution is -2.29. The Balaban J connectivity index is 0.000000156. The normalized spacial score (nSPS) is 11.6. The lowest BCUT2D eigenvalue weighted by Gasteiger charge is -2.12. The molecule has 6 aromatic rings. The smallest absolute Gasteiger partial charge is 0.283 e. The third-order valence-corrected chi connectivity index (χ3v) is 10.1. The highest BCUT2D eigenvalue weighted by Crippen LogP contribution is 2.27. The number of sulfonamides is 2. The van der Waals surface area contributed by atoms with Crippen LogP contribution in [0.1, 0.15) is 0 Å². The molecule has 42 heavy (non-hydrogen) atoms. The van der Waals surface area contributed by atoms with Gasteiger partial charge in [-0.25, -0.2) is 41.2 Å². The van der Waals surface area contributed by atoms with Crippen LogP contribution in [-0.4, -0.2) is 50.7 Å². The number of aromatic nitrogens is 6. The number of benzene rings is 2. The molecule has 4 aromatic heterocycles. The van der Waals surface area contributed by atoms with E-state index in [1.165, 1.54) is 55.2 Å². The second-order valence-corrected chi connectivity index (χ2v) is 13.1. The van der Waals surface area contributed by atoms with Crippen LogP contribution in [-0.2, 0) is 20.0 Å². The van der Waals surface area contributed by atoms with Crippen molar-refractivity contribution in [3.05, 3.63) is 106 Å². The molecular weight excluding hydrogens is 703 g/mol. The molecule has 0 aliphatic heterocycles. The van der Waals surface area contributed by atoms with E-state index >= 15 is 0 Å². The second-order valence-electron chi connectivity index (χ2n) is 7.84. The van der Waals surface area contributed by atoms with Crippen LogP contribution in [0.5, 0.6) is 0 Å². The molecule has 18 heteroatoms. The highest BCUT2D eigenvalue weighted by molar-refractivity contribution is 9.10. The molecule has 6 rings (SSSR count). The molecule has 0 spiro atoms. The molecule has 0 saturated carbocycles. The summed E-state index contributed by atoms with van der Waals surface area (Å²) in [4.78, 5) is 19.9. The fourth-order valence-corrected chi connectivity index (χ4v) is 7.20. The van der Waals surface area contributed by atoms with Gasteiger partial charge in [-0.15, -0.1) is 4.48 Å². The number of halogens is 5. The summed E-state index contributed by atoms with van der Waals surface area (Å²) >= 11 is 14.7.